The standard InChI is InChI=1S/C12H18O.C10H14O2/c1-3-11(10-13-2)9-12-7-5-4-6-8-12;1-4-8-5-6-9(11-2)10(7-8)12-3/h4-8,11H,3,9-10H2,1-2H3;5-7H,4H2,1-3H3/t11-;/m0./s1. The van der Waals surface area contributed by atoms with Gasteiger partial charge in [-0.3, -0.25) is 0 Å². The quantitative estimate of drug-likeness (QED) is 0.661. The highest BCUT2D eigenvalue weighted by molar-refractivity contribution is 5.42. The number of ether oxygens (including phenoxy) is 3. The molecule has 0 heterocycles. The second-order valence-electron chi connectivity index (χ2n) is 5.96. The minimum atomic E-state index is 0.660. The zero-order chi connectivity index (χ0) is 18.5. The Morgan fingerprint density at radius 2 is 1.48 bits per heavy atom. The first-order valence-corrected chi connectivity index (χ1v) is 8.92. The van der Waals surface area contributed by atoms with Crippen LogP contribution in [0.25, 0.3) is 0 Å². The molecular formula is C22H32O3. The number of hydrogen-bond donors (Lipinski definition) is 0. The third kappa shape index (κ3) is 7.61. The summed E-state index contributed by atoms with van der Waals surface area (Å²) in [6, 6.07) is 16.6. The summed E-state index contributed by atoms with van der Waals surface area (Å²) < 4.78 is 15.4. The fraction of sp³-hybridized carbons (Fsp3) is 0.455. The van der Waals surface area contributed by atoms with Crippen LogP contribution in [0, 0.1) is 5.92 Å². The van der Waals surface area contributed by atoms with Gasteiger partial charge in [0, 0.05) is 13.7 Å². The highest BCUT2D eigenvalue weighted by atomic mass is 16.5. The Balaban J connectivity index is 0.000000251. The van der Waals surface area contributed by atoms with Crippen molar-refractivity contribution in [2.75, 3.05) is 27.9 Å². The fourth-order valence-corrected chi connectivity index (χ4v) is 2.60. The van der Waals surface area contributed by atoms with E-state index in [0.29, 0.717) is 5.92 Å². The molecule has 0 radical (unpaired) electrons. The van der Waals surface area contributed by atoms with E-state index >= 15 is 0 Å². The lowest BCUT2D eigenvalue weighted by Gasteiger charge is -2.13. The summed E-state index contributed by atoms with van der Waals surface area (Å²) in [4.78, 5) is 0. The van der Waals surface area contributed by atoms with Crippen LogP contribution < -0.4 is 9.47 Å². The van der Waals surface area contributed by atoms with Crippen molar-refractivity contribution in [3.63, 3.8) is 0 Å². The van der Waals surface area contributed by atoms with Gasteiger partial charge in [0.25, 0.3) is 0 Å². The summed E-state index contributed by atoms with van der Waals surface area (Å²) in [6.07, 6.45) is 3.33. The maximum atomic E-state index is 5.17. The van der Waals surface area contributed by atoms with E-state index in [1.54, 1.807) is 21.3 Å². The van der Waals surface area contributed by atoms with Gasteiger partial charge in [-0.2, -0.15) is 0 Å². The lowest BCUT2D eigenvalue weighted by Crippen LogP contribution is -2.09. The summed E-state index contributed by atoms with van der Waals surface area (Å²) in [6.45, 7) is 5.19. The number of rotatable bonds is 8. The summed E-state index contributed by atoms with van der Waals surface area (Å²) >= 11 is 0. The van der Waals surface area contributed by atoms with E-state index in [0.717, 1.165) is 30.9 Å². The van der Waals surface area contributed by atoms with Crippen LogP contribution in [0.15, 0.2) is 48.5 Å². The largest absolute Gasteiger partial charge is 0.493 e. The maximum Gasteiger partial charge on any atom is 0.160 e. The monoisotopic (exact) mass is 344 g/mol. The highest BCUT2D eigenvalue weighted by Gasteiger charge is 2.06. The van der Waals surface area contributed by atoms with Crippen molar-refractivity contribution in [3.05, 3.63) is 59.7 Å². The van der Waals surface area contributed by atoms with Crippen LogP contribution in [0.1, 0.15) is 31.4 Å². The minimum Gasteiger partial charge on any atom is -0.493 e. The molecule has 0 saturated carbocycles. The van der Waals surface area contributed by atoms with Crippen molar-refractivity contribution in [2.24, 2.45) is 5.92 Å². The van der Waals surface area contributed by atoms with Gasteiger partial charge in [-0.05, 0) is 42.0 Å². The SMILES string of the molecule is CC[C@H](COC)Cc1ccccc1.CCc1ccc(OC)c(OC)c1. The third-order valence-corrected chi connectivity index (χ3v) is 4.20. The molecule has 2 aromatic rings. The molecule has 138 valence electrons. The van der Waals surface area contributed by atoms with Crippen molar-refractivity contribution in [1.29, 1.82) is 0 Å². The van der Waals surface area contributed by atoms with E-state index in [4.69, 9.17) is 14.2 Å². The first-order valence-electron chi connectivity index (χ1n) is 8.92. The van der Waals surface area contributed by atoms with E-state index in [2.05, 4.69) is 44.2 Å². The summed E-state index contributed by atoms with van der Waals surface area (Å²) in [5.41, 5.74) is 2.67. The molecule has 0 aliphatic carbocycles. The van der Waals surface area contributed by atoms with E-state index < -0.39 is 0 Å². The van der Waals surface area contributed by atoms with Crippen LogP contribution in [0.3, 0.4) is 0 Å². The zero-order valence-electron chi connectivity index (χ0n) is 16.2. The van der Waals surface area contributed by atoms with Crippen LogP contribution in [0.4, 0.5) is 0 Å². The smallest absolute Gasteiger partial charge is 0.160 e. The van der Waals surface area contributed by atoms with Gasteiger partial charge in [0.05, 0.1) is 14.2 Å². The summed E-state index contributed by atoms with van der Waals surface area (Å²) in [5.74, 6) is 2.25. The van der Waals surface area contributed by atoms with Crippen LogP contribution in [-0.4, -0.2) is 27.9 Å². The van der Waals surface area contributed by atoms with Gasteiger partial charge in [-0.1, -0.05) is 56.7 Å². The molecule has 0 saturated heterocycles. The number of aryl methyl sites for hydroxylation is 1. The molecule has 0 N–H and O–H groups in total. The number of benzene rings is 2. The van der Waals surface area contributed by atoms with Gasteiger partial charge in [0.1, 0.15) is 0 Å². The van der Waals surface area contributed by atoms with E-state index in [9.17, 15) is 0 Å². The molecule has 0 amide bonds. The number of methoxy groups -OCH3 is 3. The predicted octanol–water partition coefficient (Wildman–Crippen LogP) is 5.17. The third-order valence-electron chi connectivity index (χ3n) is 4.20. The molecule has 0 aromatic heterocycles. The molecule has 3 heteroatoms. The molecule has 0 spiro atoms. The minimum absolute atomic E-state index is 0.660. The summed E-state index contributed by atoms with van der Waals surface area (Å²) in [7, 11) is 5.06. The van der Waals surface area contributed by atoms with Crippen LogP contribution >= 0.6 is 0 Å². The number of hydrogen-bond acceptors (Lipinski definition) is 3. The van der Waals surface area contributed by atoms with Crippen LogP contribution in [-0.2, 0) is 17.6 Å². The Hall–Kier alpha value is -2.00. The predicted molar refractivity (Wildman–Crippen MR) is 105 cm³/mol. The van der Waals surface area contributed by atoms with Crippen LogP contribution in [0.2, 0.25) is 0 Å². The summed E-state index contributed by atoms with van der Waals surface area (Å²) in [5, 5.41) is 0. The molecule has 25 heavy (non-hydrogen) atoms. The lowest BCUT2D eigenvalue weighted by molar-refractivity contribution is 0.150. The first-order chi connectivity index (χ1) is 12.2. The maximum absolute atomic E-state index is 5.17. The van der Waals surface area contributed by atoms with Crippen molar-refractivity contribution < 1.29 is 14.2 Å². The molecule has 1 atom stereocenters. The average Bonchev–Trinajstić information content (AvgIpc) is 2.68. The molecule has 2 rings (SSSR count). The molecule has 0 aliphatic rings. The second kappa shape index (κ2) is 12.4. The molecule has 0 unspecified atom stereocenters. The first kappa shape index (κ1) is 21.0. The Morgan fingerprint density at radius 1 is 0.800 bits per heavy atom. The fourth-order valence-electron chi connectivity index (χ4n) is 2.60. The molecule has 2 aromatic carbocycles. The van der Waals surface area contributed by atoms with Gasteiger partial charge in [0.15, 0.2) is 11.5 Å². The van der Waals surface area contributed by atoms with Crippen molar-refractivity contribution in [3.8, 4) is 11.5 Å². The second-order valence-corrected chi connectivity index (χ2v) is 5.96. The molecule has 0 fully saturated rings. The van der Waals surface area contributed by atoms with Crippen molar-refractivity contribution in [1.82, 2.24) is 0 Å². The van der Waals surface area contributed by atoms with Gasteiger partial charge in [-0.25, -0.2) is 0 Å². The normalized spacial score (nSPS) is 11.2. The molecule has 0 aliphatic heterocycles. The van der Waals surface area contributed by atoms with Gasteiger partial charge in [-0.15, -0.1) is 0 Å². The van der Waals surface area contributed by atoms with Crippen molar-refractivity contribution >= 4 is 0 Å². The highest BCUT2D eigenvalue weighted by Crippen LogP contribution is 2.27. The van der Waals surface area contributed by atoms with Gasteiger partial charge >= 0.3 is 0 Å². The lowest BCUT2D eigenvalue weighted by atomic mass is 9.98. The van der Waals surface area contributed by atoms with Gasteiger partial charge in [0.2, 0.25) is 0 Å². The molecule has 3 nitrogen and oxygen atoms in total. The Bertz CT molecular complexity index is 581. The van der Waals surface area contributed by atoms with Crippen LogP contribution in [0.5, 0.6) is 11.5 Å². The van der Waals surface area contributed by atoms with E-state index in [1.165, 1.54) is 17.5 Å². The van der Waals surface area contributed by atoms with E-state index in [-0.39, 0.29) is 0 Å². The van der Waals surface area contributed by atoms with E-state index in [1.807, 2.05) is 18.2 Å². The Labute approximate surface area is 152 Å². The topological polar surface area (TPSA) is 27.7 Å². The zero-order valence-corrected chi connectivity index (χ0v) is 16.2. The molecule has 0 bridgehead atoms. The Morgan fingerprint density at radius 3 is 2.00 bits per heavy atom. The van der Waals surface area contributed by atoms with Crippen molar-refractivity contribution in [2.45, 2.75) is 33.1 Å². The molecular weight excluding hydrogens is 312 g/mol. The average molecular weight is 344 g/mol. The van der Waals surface area contributed by atoms with Gasteiger partial charge < -0.3 is 14.2 Å². The Kier molecular flexibility index (Phi) is 10.4.